The second kappa shape index (κ2) is 8.94. The van der Waals surface area contributed by atoms with Gasteiger partial charge in [0.25, 0.3) is 5.91 Å². The maximum atomic E-state index is 12.7. The topological polar surface area (TPSA) is 54.3 Å². The van der Waals surface area contributed by atoms with E-state index in [-0.39, 0.29) is 5.91 Å². The Labute approximate surface area is 155 Å². The molecule has 140 valence electrons. The molecule has 6 heteroatoms. The van der Waals surface area contributed by atoms with Crippen LogP contribution in [0.15, 0.2) is 36.9 Å². The summed E-state index contributed by atoms with van der Waals surface area (Å²) < 4.78 is 1.69. The lowest BCUT2D eigenvalue weighted by molar-refractivity contribution is 0.0673. The van der Waals surface area contributed by atoms with Crippen LogP contribution in [0, 0.1) is 5.92 Å². The van der Waals surface area contributed by atoms with Crippen LogP contribution in [-0.4, -0.2) is 63.7 Å². The number of benzene rings is 1. The molecule has 0 saturated carbocycles. The molecule has 1 amide bonds. The second-order valence-electron chi connectivity index (χ2n) is 7.24. The first-order valence-corrected chi connectivity index (χ1v) is 9.60. The summed E-state index contributed by atoms with van der Waals surface area (Å²) in [6.07, 6.45) is 7.85. The molecule has 0 atom stereocenters. The van der Waals surface area contributed by atoms with Gasteiger partial charge in [-0.25, -0.2) is 9.67 Å². The molecule has 0 radical (unpaired) electrons. The molecule has 1 aromatic heterocycles. The van der Waals surface area contributed by atoms with Crippen molar-refractivity contribution >= 4 is 5.91 Å². The van der Waals surface area contributed by atoms with Crippen LogP contribution in [0.2, 0.25) is 0 Å². The van der Waals surface area contributed by atoms with Crippen LogP contribution in [0.25, 0.3) is 5.69 Å². The molecule has 6 nitrogen and oxygen atoms in total. The molecule has 2 aromatic rings. The monoisotopic (exact) mass is 355 g/mol. The quantitative estimate of drug-likeness (QED) is 0.766. The summed E-state index contributed by atoms with van der Waals surface area (Å²) in [7, 11) is 2.21. The number of hydrogen-bond donors (Lipinski definition) is 0. The Kier molecular flexibility index (Phi) is 6.39. The normalized spacial score (nSPS) is 15.6. The summed E-state index contributed by atoms with van der Waals surface area (Å²) in [6, 6.07) is 7.59. The average molecular weight is 355 g/mol. The Morgan fingerprint density at radius 2 is 1.96 bits per heavy atom. The van der Waals surface area contributed by atoms with Gasteiger partial charge in [0, 0.05) is 25.2 Å². The van der Waals surface area contributed by atoms with Crippen LogP contribution in [0.4, 0.5) is 0 Å². The molecule has 0 bridgehead atoms. The molecule has 1 aliphatic rings. The van der Waals surface area contributed by atoms with Crippen molar-refractivity contribution in [2.24, 2.45) is 5.92 Å². The largest absolute Gasteiger partial charge is 0.339 e. The molecule has 1 fully saturated rings. The highest BCUT2D eigenvalue weighted by atomic mass is 16.2. The number of piperidine rings is 1. The summed E-state index contributed by atoms with van der Waals surface area (Å²) in [6.45, 7) is 6.27. The van der Waals surface area contributed by atoms with Gasteiger partial charge in [0.15, 0.2) is 0 Å². The molecule has 0 spiro atoms. The molecule has 3 rings (SSSR count). The number of aromatic nitrogens is 3. The number of nitrogens with zero attached hydrogens (tertiary/aromatic N) is 5. The van der Waals surface area contributed by atoms with Gasteiger partial charge in [-0.1, -0.05) is 13.3 Å². The first kappa shape index (κ1) is 18.6. The first-order chi connectivity index (χ1) is 12.7. The highest BCUT2D eigenvalue weighted by Crippen LogP contribution is 2.20. The van der Waals surface area contributed by atoms with E-state index in [4.69, 9.17) is 0 Å². The Balaban J connectivity index is 1.50. The molecule has 1 aromatic carbocycles. The lowest BCUT2D eigenvalue weighted by Crippen LogP contribution is -2.41. The Hall–Kier alpha value is -2.21. The zero-order valence-electron chi connectivity index (χ0n) is 15.8. The third-order valence-electron chi connectivity index (χ3n) is 5.16. The van der Waals surface area contributed by atoms with E-state index in [1.165, 1.54) is 25.7 Å². The number of carbonyl (C=O) groups is 1. The smallest absolute Gasteiger partial charge is 0.253 e. The highest BCUT2D eigenvalue weighted by Gasteiger charge is 2.24. The molecular formula is C20H29N5O. The van der Waals surface area contributed by atoms with Crippen molar-refractivity contribution < 1.29 is 4.79 Å². The molecular weight excluding hydrogens is 326 g/mol. The highest BCUT2D eigenvalue weighted by molar-refractivity contribution is 5.94. The number of likely N-dealkylation sites (tertiary alicyclic amines) is 1. The van der Waals surface area contributed by atoms with E-state index in [0.29, 0.717) is 5.92 Å². The van der Waals surface area contributed by atoms with E-state index >= 15 is 0 Å². The number of hydrogen-bond acceptors (Lipinski definition) is 4. The minimum atomic E-state index is 0.132. The van der Waals surface area contributed by atoms with Gasteiger partial charge in [0.2, 0.25) is 0 Å². The molecule has 0 unspecified atom stereocenters. The second-order valence-corrected chi connectivity index (χ2v) is 7.24. The maximum absolute atomic E-state index is 12.7. The van der Waals surface area contributed by atoms with Gasteiger partial charge in [0.05, 0.1) is 5.69 Å². The number of carbonyl (C=O) groups excluding carboxylic acids is 1. The fourth-order valence-electron chi connectivity index (χ4n) is 3.56. The van der Waals surface area contributed by atoms with Crippen molar-refractivity contribution in [1.82, 2.24) is 24.6 Å². The summed E-state index contributed by atoms with van der Waals surface area (Å²) in [5.74, 6) is 0.837. The predicted octanol–water partition coefficient (Wildman–Crippen LogP) is 2.85. The van der Waals surface area contributed by atoms with Crippen molar-refractivity contribution in [3.05, 3.63) is 42.5 Å². The number of rotatable bonds is 7. The van der Waals surface area contributed by atoms with Crippen molar-refractivity contribution in [3.63, 3.8) is 0 Å². The Morgan fingerprint density at radius 3 is 2.58 bits per heavy atom. The molecule has 1 saturated heterocycles. The van der Waals surface area contributed by atoms with Gasteiger partial charge in [-0.15, -0.1) is 0 Å². The SMILES string of the molecule is CCCCN(C)CC1CCN(C(=O)c2ccc(-n3cncn3)cc2)CC1. The molecule has 0 aliphatic carbocycles. The van der Waals surface area contributed by atoms with Crippen LogP contribution in [-0.2, 0) is 0 Å². The van der Waals surface area contributed by atoms with Crippen molar-refractivity contribution in [1.29, 1.82) is 0 Å². The number of amides is 1. The third kappa shape index (κ3) is 4.69. The van der Waals surface area contributed by atoms with Crippen LogP contribution < -0.4 is 0 Å². The van der Waals surface area contributed by atoms with E-state index in [9.17, 15) is 4.79 Å². The summed E-state index contributed by atoms with van der Waals surface area (Å²) in [5.41, 5.74) is 1.65. The maximum Gasteiger partial charge on any atom is 0.253 e. The van der Waals surface area contributed by atoms with Crippen molar-refractivity contribution in [2.75, 3.05) is 33.2 Å². The summed E-state index contributed by atoms with van der Waals surface area (Å²) in [4.78, 5) is 21.1. The summed E-state index contributed by atoms with van der Waals surface area (Å²) in [5, 5.41) is 4.11. The molecule has 0 N–H and O–H groups in total. The average Bonchev–Trinajstić information content (AvgIpc) is 3.21. The Bertz CT molecular complexity index is 675. The minimum Gasteiger partial charge on any atom is -0.339 e. The van der Waals surface area contributed by atoms with Crippen LogP contribution in [0.3, 0.4) is 0 Å². The van der Waals surface area contributed by atoms with E-state index < -0.39 is 0 Å². The molecule has 2 heterocycles. The lowest BCUT2D eigenvalue weighted by Gasteiger charge is -2.34. The molecule has 26 heavy (non-hydrogen) atoms. The van der Waals surface area contributed by atoms with E-state index in [1.54, 1.807) is 11.0 Å². The number of unbranched alkanes of at least 4 members (excludes halogenated alkanes) is 1. The van der Waals surface area contributed by atoms with Gasteiger partial charge in [-0.3, -0.25) is 4.79 Å². The lowest BCUT2D eigenvalue weighted by atomic mass is 9.95. The fourth-order valence-corrected chi connectivity index (χ4v) is 3.56. The first-order valence-electron chi connectivity index (χ1n) is 9.60. The minimum absolute atomic E-state index is 0.132. The van der Waals surface area contributed by atoms with E-state index in [1.807, 2.05) is 29.2 Å². The van der Waals surface area contributed by atoms with Crippen LogP contribution >= 0.6 is 0 Å². The van der Waals surface area contributed by atoms with Crippen LogP contribution in [0.5, 0.6) is 0 Å². The fraction of sp³-hybridized carbons (Fsp3) is 0.550. The summed E-state index contributed by atoms with van der Waals surface area (Å²) >= 11 is 0. The Morgan fingerprint density at radius 1 is 1.23 bits per heavy atom. The molecule has 1 aliphatic heterocycles. The third-order valence-corrected chi connectivity index (χ3v) is 5.16. The van der Waals surface area contributed by atoms with E-state index in [2.05, 4.69) is 29.0 Å². The standard InChI is InChI=1S/C20H29N5O/c1-3-4-11-23(2)14-17-9-12-24(13-10-17)20(26)18-5-7-19(8-6-18)25-16-21-15-22-25/h5-8,15-17H,3-4,9-14H2,1-2H3. The van der Waals surface area contributed by atoms with Crippen molar-refractivity contribution in [3.8, 4) is 5.69 Å². The zero-order chi connectivity index (χ0) is 18.4. The van der Waals surface area contributed by atoms with Gasteiger partial charge < -0.3 is 9.80 Å². The van der Waals surface area contributed by atoms with Gasteiger partial charge in [-0.2, -0.15) is 5.10 Å². The van der Waals surface area contributed by atoms with Gasteiger partial charge in [-0.05, 0) is 63.0 Å². The van der Waals surface area contributed by atoms with Gasteiger partial charge >= 0.3 is 0 Å². The predicted molar refractivity (Wildman–Crippen MR) is 102 cm³/mol. The van der Waals surface area contributed by atoms with E-state index in [0.717, 1.165) is 43.7 Å². The van der Waals surface area contributed by atoms with Crippen LogP contribution in [0.1, 0.15) is 43.0 Å². The van der Waals surface area contributed by atoms with Crippen molar-refractivity contribution in [2.45, 2.75) is 32.6 Å². The zero-order valence-corrected chi connectivity index (χ0v) is 15.8. The van der Waals surface area contributed by atoms with Gasteiger partial charge in [0.1, 0.15) is 12.7 Å².